The standard InChI is InChI=1S/C12H18O3S/c1-2-15-10-5-3-9(4-6-10)12(14)11(13)7-8-16/h3-6,11-14,16H,2,7-8H2,1H3. The molecule has 3 nitrogen and oxygen atoms in total. The van der Waals surface area contributed by atoms with Crippen LogP contribution >= 0.6 is 12.6 Å². The van der Waals surface area contributed by atoms with Crippen molar-refractivity contribution in [3.8, 4) is 5.75 Å². The first kappa shape index (κ1) is 13.4. The fourth-order valence-electron chi connectivity index (χ4n) is 1.44. The maximum absolute atomic E-state index is 9.82. The molecule has 1 aromatic rings. The molecule has 0 amide bonds. The summed E-state index contributed by atoms with van der Waals surface area (Å²) in [6.07, 6.45) is -1.16. The van der Waals surface area contributed by atoms with Gasteiger partial charge in [-0.05, 0) is 36.8 Å². The number of ether oxygens (including phenoxy) is 1. The molecule has 2 atom stereocenters. The highest BCUT2D eigenvalue weighted by molar-refractivity contribution is 7.80. The summed E-state index contributed by atoms with van der Waals surface area (Å²) in [4.78, 5) is 0. The lowest BCUT2D eigenvalue weighted by molar-refractivity contribution is 0.0172. The first-order valence-electron chi connectivity index (χ1n) is 5.38. The summed E-state index contributed by atoms with van der Waals surface area (Å²) < 4.78 is 5.29. The quantitative estimate of drug-likeness (QED) is 0.667. The van der Waals surface area contributed by atoms with Crippen LogP contribution in [-0.4, -0.2) is 28.7 Å². The second-order valence-corrected chi connectivity index (χ2v) is 3.97. The van der Waals surface area contributed by atoms with Gasteiger partial charge in [0.05, 0.1) is 12.7 Å². The molecule has 0 radical (unpaired) electrons. The normalized spacial score (nSPS) is 14.5. The minimum absolute atomic E-state index is 0.470. The third-order valence-corrected chi connectivity index (χ3v) is 2.58. The SMILES string of the molecule is CCOc1ccc(C(O)C(O)CCS)cc1. The van der Waals surface area contributed by atoms with Gasteiger partial charge in [-0.15, -0.1) is 0 Å². The second kappa shape index (κ2) is 6.78. The predicted octanol–water partition coefficient (Wildman–Crippen LogP) is 1.80. The molecule has 0 saturated carbocycles. The molecule has 4 heteroatoms. The molecule has 0 spiro atoms. The third kappa shape index (κ3) is 3.70. The van der Waals surface area contributed by atoms with Crippen molar-refractivity contribution < 1.29 is 14.9 Å². The molecular formula is C12H18O3S. The van der Waals surface area contributed by atoms with Crippen LogP contribution in [0.5, 0.6) is 5.75 Å². The molecule has 1 rings (SSSR count). The molecular weight excluding hydrogens is 224 g/mol. The number of aliphatic hydroxyl groups excluding tert-OH is 2. The molecule has 16 heavy (non-hydrogen) atoms. The van der Waals surface area contributed by atoms with Gasteiger partial charge in [0.2, 0.25) is 0 Å². The Morgan fingerprint density at radius 3 is 2.38 bits per heavy atom. The summed E-state index contributed by atoms with van der Waals surface area (Å²) in [5.74, 6) is 1.32. The fraction of sp³-hybridized carbons (Fsp3) is 0.500. The highest BCUT2D eigenvalue weighted by atomic mass is 32.1. The molecule has 0 bridgehead atoms. The summed E-state index contributed by atoms with van der Waals surface area (Å²) in [7, 11) is 0. The Balaban J connectivity index is 2.65. The van der Waals surface area contributed by atoms with Crippen molar-refractivity contribution in [1.82, 2.24) is 0 Å². The highest BCUT2D eigenvalue weighted by Crippen LogP contribution is 2.21. The Bertz CT molecular complexity index is 300. The van der Waals surface area contributed by atoms with Crippen molar-refractivity contribution in [1.29, 1.82) is 0 Å². The van der Waals surface area contributed by atoms with E-state index >= 15 is 0 Å². The smallest absolute Gasteiger partial charge is 0.119 e. The van der Waals surface area contributed by atoms with Crippen molar-refractivity contribution in [2.24, 2.45) is 0 Å². The van der Waals surface area contributed by atoms with Crippen LogP contribution in [-0.2, 0) is 0 Å². The summed E-state index contributed by atoms with van der Waals surface area (Å²) in [6, 6.07) is 7.10. The molecule has 2 N–H and O–H groups in total. The van der Waals surface area contributed by atoms with E-state index in [1.807, 2.05) is 6.92 Å². The van der Waals surface area contributed by atoms with Gasteiger partial charge in [0, 0.05) is 0 Å². The first-order chi connectivity index (χ1) is 7.69. The van der Waals surface area contributed by atoms with E-state index in [1.165, 1.54) is 0 Å². The van der Waals surface area contributed by atoms with E-state index in [4.69, 9.17) is 4.74 Å². The van der Waals surface area contributed by atoms with Gasteiger partial charge in [-0.2, -0.15) is 12.6 Å². The molecule has 90 valence electrons. The average Bonchev–Trinajstić information content (AvgIpc) is 2.30. The molecule has 0 aliphatic rings. The molecule has 0 heterocycles. The molecule has 0 aliphatic carbocycles. The van der Waals surface area contributed by atoms with Crippen LogP contribution in [0.2, 0.25) is 0 Å². The zero-order valence-electron chi connectivity index (χ0n) is 9.34. The van der Waals surface area contributed by atoms with Gasteiger partial charge in [0.1, 0.15) is 11.9 Å². The van der Waals surface area contributed by atoms with Gasteiger partial charge in [0.15, 0.2) is 0 Å². The summed E-state index contributed by atoms with van der Waals surface area (Å²) in [5, 5.41) is 19.4. The van der Waals surface area contributed by atoms with E-state index in [0.29, 0.717) is 24.3 Å². The number of aliphatic hydroxyl groups is 2. The second-order valence-electron chi connectivity index (χ2n) is 3.53. The van der Waals surface area contributed by atoms with Crippen LogP contribution in [0.25, 0.3) is 0 Å². The van der Waals surface area contributed by atoms with Crippen molar-refractivity contribution in [3.63, 3.8) is 0 Å². The highest BCUT2D eigenvalue weighted by Gasteiger charge is 2.17. The molecule has 0 aliphatic heterocycles. The van der Waals surface area contributed by atoms with E-state index in [-0.39, 0.29) is 0 Å². The molecule has 0 saturated heterocycles. The number of benzene rings is 1. The minimum Gasteiger partial charge on any atom is -0.494 e. The maximum atomic E-state index is 9.82. The topological polar surface area (TPSA) is 49.7 Å². The van der Waals surface area contributed by atoms with Crippen LogP contribution in [0.4, 0.5) is 0 Å². The average molecular weight is 242 g/mol. The maximum Gasteiger partial charge on any atom is 0.119 e. The van der Waals surface area contributed by atoms with Crippen molar-refractivity contribution in [3.05, 3.63) is 29.8 Å². The number of rotatable bonds is 6. The van der Waals surface area contributed by atoms with Gasteiger partial charge in [-0.25, -0.2) is 0 Å². The van der Waals surface area contributed by atoms with E-state index < -0.39 is 12.2 Å². The first-order valence-corrected chi connectivity index (χ1v) is 6.02. The Labute approximate surface area is 101 Å². The summed E-state index contributed by atoms with van der Waals surface area (Å²) >= 11 is 4.02. The third-order valence-electron chi connectivity index (χ3n) is 2.32. The number of hydrogen-bond acceptors (Lipinski definition) is 4. The van der Waals surface area contributed by atoms with E-state index in [0.717, 1.165) is 5.75 Å². The van der Waals surface area contributed by atoms with Gasteiger partial charge >= 0.3 is 0 Å². The monoisotopic (exact) mass is 242 g/mol. The Morgan fingerprint density at radius 1 is 1.25 bits per heavy atom. The lowest BCUT2D eigenvalue weighted by Crippen LogP contribution is -2.18. The number of thiol groups is 1. The Morgan fingerprint density at radius 2 is 1.88 bits per heavy atom. The zero-order chi connectivity index (χ0) is 12.0. The van der Waals surface area contributed by atoms with Crippen molar-refractivity contribution >= 4 is 12.6 Å². The van der Waals surface area contributed by atoms with E-state index in [9.17, 15) is 10.2 Å². The van der Waals surface area contributed by atoms with Crippen LogP contribution < -0.4 is 4.74 Å². The molecule has 1 aromatic carbocycles. The predicted molar refractivity (Wildman–Crippen MR) is 67.0 cm³/mol. The lowest BCUT2D eigenvalue weighted by Gasteiger charge is -2.17. The minimum atomic E-state index is -0.858. The largest absolute Gasteiger partial charge is 0.494 e. The van der Waals surface area contributed by atoms with Crippen LogP contribution in [0.15, 0.2) is 24.3 Å². The van der Waals surface area contributed by atoms with Gasteiger partial charge in [-0.1, -0.05) is 12.1 Å². The number of hydrogen-bond donors (Lipinski definition) is 3. The zero-order valence-corrected chi connectivity index (χ0v) is 10.2. The van der Waals surface area contributed by atoms with Crippen LogP contribution in [0.1, 0.15) is 25.0 Å². The van der Waals surface area contributed by atoms with Gasteiger partial charge < -0.3 is 14.9 Å². The van der Waals surface area contributed by atoms with Gasteiger partial charge in [0.25, 0.3) is 0 Å². The van der Waals surface area contributed by atoms with Crippen molar-refractivity contribution in [2.75, 3.05) is 12.4 Å². The summed E-state index contributed by atoms with van der Waals surface area (Å²) in [5.41, 5.74) is 0.692. The van der Waals surface area contributed by atoms with E-state index in [2.05, 4.69) is 12.6 Å². The van der Waals surface area contributed by atoms with Gasteiger partial charge in [-0.3, -0.25) is 0 Å². The van der Waals surface area contributed by atoms with Crippen LogP contribution in [0.3, 0.4) is 0 Å². The van der Waals surface area contributed by atoms with Crippen molar-refractivity contribution in [2.45, 2.75) is 25.6 Å². The van der Waals surface area contributed by atoms with E-state index in [1.54, 1.807) is 24.3 Å². The summed E-state index contributed by atoms with van der Waals surface area (Å²) in [6.45, 7) is 2.53. The van der Waals surface area contributed by atoms with Crippen LogP contribution in [0, 0.1) is 0 Å². The fourth-order valence-corrected chi connectivity index (χ4v) is 1.70. The lowest BCUT2D eigenvalue weighted by atomic mass is 10.0. The Kier molecular flexibility index (Phi) is 5.66. The molecule has 0 fully saturated rings. The molecule has 0 aromatic heterocycles. The Hall–Kier alpha value is -0.710. The molecule has 2 unspecified atom stereocenters.